The molecule has 0 saturated carbocycles. The van der Waals surface area contributed by atoms with Crippen LogP contribution in [-0.4, -0.2) is 19.4 Å². The Hall–Kier alpha value is -1.85. The quantitative estimate of drug-likeness (QED) is 0.697. The molecule has 1 aromatic rings. The fraction of sp³-hybridized carbons (Fsp3) is 0.200. The van der Waals surface area contributed by atoms with E-state index in [4.69, 9.17) is 0 Å². The summed E-state index contributed by atoms with van der Waals surface area (Å²) in [4.78, 5) is 13.9. The van der Waals surface area contributed by atoms with Gasteiger partial charge >= 0.3 is 12.3 Å². The molecule has 0 atom stereocenters. The van der Waals surface area contributed by atoms with E-state index >= 15 is 0 Å². The maximum atomic E-state index is 12.2. The molecule has 0 heterocycles. The molecule has 1 amide bonds. The summed E-state index contributed by atoms with van der Waals surface area (Å²) in [6.07, 6.45) is -4.04. The van der Waals surface area contributed by atoms with E-state index in [1.54, 1.807) is 0 Å². The maximum Gasteiger partial charge on any atom is 0.433 e. The lowest BCUT2D eigenvalue weighted by Crippen LogP contribution is -2.04. The second-order valence-corrected chi connectivity index (χ2v) is 2.85. The normalized spacial score (nSPS) is 11.8. The van der Waals surface area contributed by atoms with Crippen molar-refractivity contribution in [3.63, 3.8) is 0 Å². The molecule has 0 aliphatic rings. The smallest absolute Gasteiger partial charge is 0.433 e. The highest BCUT2D eigenvalue weighted by molar-refractivity contribution is 5.88. The summed E-state index contributed by atoms with van der Waals surface area (Å²) in [6, 6.07) is 4.27. The second kappa shape index (κ2) is 4.78. The summed E-state index contributed by atoms with van der Waals surface area (Å²) in [6.45, 7) is 0. The first kappa shape index (κ1) is 12.2. The van der Waals surface area contributed by atoms with Gasteiger partial charge in [0.25, 0.3) is 0 Å². The molecule has 0 radical (unpaired) electrons. The lowest BCUT2D eigenvalue weighted by atomic mass is 10.1. The Morgan fingerprint density at radius 2 is 1.88 bits per heavy atom. The number of benzene rings is 1. The van der Waals surface area contributed by atoms with E-state index in [-0.39, 0.29) is 0 Å². The van der Waals surface area contributed by atoms with E-state index in [0.717, 1.165) is 25.5 Å². The third-order valence-electron chi connectivity index (χ3n) is 1.73. The number of methoxy groups -OCH3 is 1. The standard InChI is InChI=1S/C10H8F3NO2/c1-16-9(15)14-6-7-2-4-8(5-3-7)10(11,12)13/h2-6H,1H3/b14-6+. The van der Waals surface area contributed by atoms with Crippen molar-refractivity contribution in [2.45, 2.75) is 6.18 Å². The third-order valence-corrected chi connectivity index (χ3v) is 1.73. The zero-order valence-corrected chi connectivity index (χ0v) is 8.28. The van der Waals surface area contributed by atoms with Crippen molar-refractivity contribution in [1.29, 1.82) is 0 Å². The molecule has 16 heavy (non-hydrogen) atoms. The minimum atomic E-state index is -4.36. The van der Waals surface area contributed by atoms with Crippen LogP contribution in [0.5, 0.6) is 0 Å². The molecule has 0 aliphatic heterocycles. The number of halogens is 3. The summed E-state index contributed by atoms with van der Waals surface area (Å²) in [7, 11) is 1.16. The number of hydrogen-bond acceptors (Lipinski definition) is 2. The topological polar surface area (TPSA) is 38.7 Å². The van der Waals surface area contributed by atoms with Gasteiger partial charge in [-0.2, -0.15) is 18.2 Å². The molecule has 0 spiro atoms. The lowest BCUT2D eigenvalue weighted by Gasteiger charge is -2.05. The molecular weight excluding hydrogens is 223 g/mol. The summed E-state index contributed by atoms with van der Waals surface area (Å²) in [5.74, 6) is 0. The molecule has 0 fully saturated rings. The number of alkyl halides is 3. The highest BCUT2D eigenvalue weighted by Gasteiger charge is 2.29. The summed E-state index contributed by atoms with van der Waals surface area (Å²) in [5, 5.41) is 0. The van der Waals surface area contributed by atoms with E-state index in [2.05, 4.69) is 9.73 Å². The van der Waals surface area contributed by atoms with Crippen molar-refractivity contribution in [1.82, 2.24) is 0 Å². The minimum Gasteiger partial charge on any atom is -0.451 e. The zero-order chi connectivity index (χ0) is 12.2. The molecule has 86 valence electrons. The van der Waals surface area contributed by atoms with Crippen LogP contribution in [0.15, 0.2) is 29.3 Å². The van der Waals surface area contributed by atoms with Crippen molar-refractivity contribution in [3.05, 3.63) is 35.4 Å². The summed E-state index contributed by atoms with van der Waals surface area (Å²) < 4.78 is 40.8. The summed E-state index contributed by atoms with van der Waals surface area (Å²) in [5.41, 5.74) is -0.360. The van der Waals surface area contributed by atoms with Gasteiger partial charge in [0.15, 0.2) is 0 Å². The third kappa shape index (κ3) is 3.38. The van der Waals surface area contributed by atoms with Crippen LogP contribution in [0, 0.1) is 0 Å². The first-order chi connectivity index (χ1) is 7.43. The molecule has 0 aromatic heterocycles. The first-order valence-electron chi connectivity index (χ1n) is 4.23. The molecule has 0 aliphatic carbocycles. The number of rotatable bonds is 1. The van der Waals surface area contributed by atoms with Crippen LogP contribution < -0.4 is 0 Å². The molecule has 1 rings (SSSR count). The average Bonchev–Trinajstić information content (AvgIpc) is 2.25. The van der Waals surface area contributed by atoms with Gasteiger partial charge in [0.05, 0.1) is 12.7 Å². The fourth-order valence-electron chi connectivity index (χ4n) is 0.938. The Balaban J connectivity index is 2.80. The van der Waals surface area contributed by atoms with E-state index in [1.807, 2.05) is 0 Å². The zero-order valence-electron chi connectivity index (χ0n) is 8.28. The van der Waals surface area contributed by atoms with Crippen molar-refractivity contribution < 1.29 is 22.7 Å². The number of aliphatic imine (C=N–C) groups is 1. The van der Waals surface area contributed by atoms with Crippen LogP contribution in [0.25, 0.3) is 0 Å². The van der Waals surface area contributed by atoms with Crippen LogP contribution in [0.2, 0.25) is 0 Å². The van der Waals surface area contributed by atoms with Crippen LogP contribution in [0.3, 0.4) is 0 Å². The lowest BCUT2D eigenvalue weighted by molar-refractivity contribution is -0.137. The first-order valence-corrected chi connectivity index (χ1v) is 4.23. The van der Waals surface area contributed by atoms with Crippen molar-refractivity contribution in [2.24, 2.45) is 4.99 Å². The minimum absolute atomic E-state index is 0.387. The number of hydrogen-bond donors (Lipinski definition) is 0. The SMILES string of the molecule is COC(=O)/N=C/c1ccc(C(F)(F)F)cc1. The van der Waals surface area contributed by atoms with E-state index < -0.39 is 17.8 Å². The monoisotopic (exact) mass is 231 g/mol. The van der Waals surface area contributed by atoms with Crippen molar-refractivity contribution in [2.75, 3.05) is 7.11 Å². The van der Waals surface area contributed by atoms with Crippen molar-refractivity contribution >= 4 is 12.3 Å². The van der Waals surface area contributed by atoms with Gasteiger partial charge in [0, 0.05) is 6.21 Å². The van der Waals surface area contributed by atoms with Gasteiger partial charge in [-0.25, -0.2) is 4.79 Å². The van der Waals surface area contributed by atoms with Gasteiger partial charge in [-0.1, -0.05) is 12.1 Å². The molecule has 3 nitrogen and oxygen atoms in total. The van der Waals surface area contributed by atoms with Gasteiger partial charge in [-0.3, -0.25) is 0 Å². The predicted octanol–water partition coefficient (Wildman–Crippen LogP) is 2.89. The molecule has 0 saturated heterocycles. The van der Waals surface area contributed by atoms with E-state index in [0.29, 0.717) is 5.56 Å². The van der Waals surface area contributed by atoms with Crippen LogP contribution in [-0.2, 0) is 10.9 Å². The largest absolute Gasteiger partial charge is 0.451 e. The summed E-state index contributed by atoms with van der Waals surface area (Å²) >= 11 is 0. The number of carbonyl (C=O) groups is 1. The number of amides is 1. The van der Waals surface area contributed by atoms with Gasteiger partial charge < -0.3 is 4.74 Å². The molecule has 0 unspecified atom stereocenters. The van der Waals surface area contributed by atoms with Gasteiger partial charge in [-0.15, -0.1) is 0 Å². The van der Waals surface area contributed by atoms with E-state index in [1.165, 1.54) is 12.1 Å². The predicted molar refractivity (Wildman–Crippen MR) is 51.4 cm³/mol. The highest BCUT2D eigenvalue weighted by atomic mass is 19.4. The molecule has 1 aromatic carbocycles. The van der Waals surface area contributed by atoms with Gasteiger partial charge in [0.2, 0.25) is 0 Å². The molecule has 6 heteroatoms. The highest BCUT2D eigenvalue weighted by Crippen LogP contribution is 2.28. The van der Waals surface area contributed by atoms with Gasteiger partial charge in [0.1, 0.15) is 0 Å². The van der Waals surface area contributed by atoms with Crippen LogP contribution in [0.4, 0.5) is 18.0 Å². The number of nitrogens with zero attached hydrogens (tertiary/aromatic N) is 1. The Labute approximate surface area is 89.6 Å². The number of ether oxygens (including phenoxy) is 1. The van der Waals surface area contributed by atoms with Crippen molar-refractivity contribution in [3.8, 4) is 0 Å². The fourth-order valence-corrected chi connectivity index (χ4v) is 0.938. The molecular formula is C10H8F3NO2. The van der Waals surface area contributed by atoms with Gasteiger partial charge in [-0.05, 0) is 17.7 Å². The Morgan fingerprint density at radius 1 is 1.31 bits per heavy atom. The second-order valence-electron chi connectivity index (χ2n) is 2.85. The van der Waals surface area contributed by atoms with Crippen LogP contribution in [0.1, 0.15) is 11.1 Å². The Kier molecular flexibility index (Phi) is 3.65. The van der Waals surface area contributed by atoms with E-state index in [9.17, 15) is 18.0 Å². The average molecular weight is 231 g/mol. The Bertz CT molecular complexity index is 396. The Morgan fingerprint density at radius 3 is 2.31 bits per heavy atom. The maximum absolute atomic E-state index is 12.2. The molecule has 0 bridgehead atoms. The molecule has 0 N–H and O–H groups in total. The van der Waals surface area contributed by atoms with Crippen LogP contribution >= 0.6 is 0 Å². The number of carbonyl (C=O) groups excluding carboxylic acids is 1.